The van der Waals surface area contributed by atoms with Gasteiger partial charge in [0, 0.05) is 60.9 Å². The molecule has 0 saturated carbocycles. The van der Waals surface area contributed by atoms with Gasteiger partial charge in [0.15, 0.2) is 0 Å². The molecule has 4 aromatic rings. The smallest absolute Gasteiger partial charge is 0.419 e. The lowest BCUT2D eigenvalue weighted by Gasteiger charge is -2.23. The molecule has 1 amide bonds. The van der Waals surface area contributed by atoms with Gasteiger partial charge in [-0.25, -0.2) is 4.98 Å². The number of halogens is 4. The number of aliphatic carboxylic acids is 1. The number of carbonyl (C=O) groups is 2. The Kier molecular flexibility index (Phi) is 11.2. The zero-order valence-electron chi connectivity index (χ0n) is 31.4. The summed E-state index contributed by atoms with van der Waals surface area (Å²) in [7, 11) is 2.92. The van der Waals surface area contributed by atoms with Gasteiger partial charge in [0.05, 0.1) is 42.0 Å². The number of nitrogens with one attached hydrogen (secondary N) is 3. The van der Waals surface area contributed by atoms with Crippen LogP contribution < -0.4 is 25.4 Å². The Labute approximate surface area is 328 Å². The number of aromatic nitrogens is 2. The highest BCUT2D eigenvalue weighted by Gasteiger charge is 2.42. The highest BCUT2D eigenvalue weighted by Crippen LogP contribution is 2.45. The Hall–Kier alpha value is -4.92. The molecule has 296 valence electrons. The topological polar surface area (TPSA) is 138 Å². The number of ether oxygens (including phenoxy) is 2. The molecule has 2 aromatic heterocycles. The summed E-state index contributed by atoms with van der Waals surface area (Å²) in [5.74, 6) is -0.692. The van der Waals surface area contributed by atoms with E-state index in [1.165, 1.54) is 7.11 Å². The number of fused-ring (bicyclic) bond motifs is 1. The predicted molar refractivity (Wildman–Crippen MR) is 206 cm³/mol. The predicted octanol–water partition coefficient (Wildman–Crippen LogP) is 7.26. The van der Waals surface area contributed by atoms with Crippen LogP contribution in [0, 0.1) is 5.41 Å². The van der Waals surface area contributed by atoms with Crippen molar-refractivity contribution in [1.29, 1.82) is 0 Å². The van der Waals surface area contributed by atoms with Crippen LogP contribution in [0.5, 0.6) is 11.8 Å². The minimum Gasteiger partial charge on any atom is -0.481 e. The second-order valence-corrected chi connectivity index (χ2v) is 15.3. The summed E-state index contributed by atoms with van der Waals surface area (Å²) in [4.78, 5) is 34.3. The number of carbonyl (C=O) groups excluding carboxylic acids is 1. The van der Waals surface area contributed by atoms with Gasteiger partial charge in [-0.3, -0.25) is 14.5 Å². The van der Waals surface area contributed by atoms with E-state index in [4.69, 9.17) is 26.1 Å². The van der Waals surface area contributed by atoms with E-state index in [0.29, 0.717) is 67.5 Å². The first-order valence-corrected chi connectivity index (χ1v) is 19.0. The van der Waals surface area contributed by atoms with Crippen molar-refractivity contribution >= 4 is 29.3 Å². The Bertz CT molecular complexity index is 2150. The number of methoxy groups -OCH3 is 2. The monoisotopic (exact) mass is 792 g/mol. The van der Waals surface area contributed by atoms with Crippen LogP contribution in [0.1, 0.15) is 66.5 Å². The van der Waals surface area contributed by atoms with Crippen LogP contribution in [0.25, 0.3) is 22.4 Å². The number of amides is 1. The highest BCUT2D eigenvalue weighted by atomic mass is 35.5. The molecular weight excluding hydrogens is 749 g/mol. The number of pyridine rings is 2. The Morgan fingerprint density at radius 2 is 1.75 bits per heavy atom. The largest absolute Gasteiger partial charge is 0.481 e. The summed E-state index contributed by atoms with van der Waals surface area (Å²) >= 11 is 7.14. The molecule has 0 radical (unpaired) electrons. The maximum Gasteiger partial charge on any atom is 0.419 e. The van der Waals surface area contributed by atoms with Gasteiger partial charge in [0.25, 0.3) is 0 Å². The van der Waals surface area contributed by atoms with E-state index >= 15 is 0 Å². The molecule has 2 aromatic carbocycles. The van der Waals surface area contributed by atoms with Crippen molar-refractivity contribution in [1.82, 2.24) is 25.5 Å². The first kappa shape index (κ1) is 39.3. The quantitative estimate of drug-likeness (QED) is 0.110. The summed E-state index contributed by atoms with van der Waals surface area (Å²) < 4.78 is 55.0. The number of likely N-dealkylation sites (tertiary alicyclic amines) is 1. The standard InChI is InChI=1S/C41H44ClF3N6O5/c1-40(39(53)54)16-17-51(22-40)21-24-18-31(41(43,44)45)36(50-38(24)56-3)48-32-14-12-27-26(6-4-7-28(27)32)29-8-5-9-30(35(29)42)33-13-10-23(37(49-33)55-2)19-46-20-25-11-15-34(52)47-25/h4-10,13,18,25,32,46H,11-12,14-17,19-22H2,1-3H3,(H,47,52)(H,48,50)(H,53,54)/t25?,32-,40?/m0/s1. The van der Waals surface area contributed by atoms with Crippen LogP contribution in [0.4, 0.5) is 19.0 Å². The molecule has 2 aliphatic heterocycles. The SMILES string of the molecule is COc1nc(-c2cccc(-c3cccc4c3CC[C@@H]4Nc3nc(OC)c(CN4CCC(C)(C(=O)O)C4)cc3C(F)(F)F)c2Cl)ccc1CNCC1CCC(=O)N1. The summed E-state index contributed by atoms with van der Waals surface area (Å²) in [6.45, 7) is 3.50. The molecule has 4 N–H and O–H groups in total. The van der Waals surface area contributed by atoms with Crippen molar-refractivity contribution in [3.63, 3.8) is 0 Å². The molecule has 2 saturated heterocycles. The number of alkyl halides is 3. The molecule has 11 nitrogen and oxygen atoms in total. The van der Waals surface area contributed by atoms with Gasteiger partial charge in [0.1, 0.15) is 5.82 Å². The van der Waals surface area contributed by atoms with Crippen molar-refractivity contribution in [2.75, 3.05) is 39.2 Å². The number of carboxylic acids is 1. The Morgan fingerprint density at radius 3 is 2.45 bits per heavy atom. The molecule has 2 fully saturated rings. The number of hydrogen-bond donors (Lipinski definition) is 4. The van der Waals surface area contributed by atoms with Gasteiger partial charge >= 0.3 is 12.1 Å². The number of carboxylic acid groups (broad SMARTS) is 1. The Morgan fingerprint density at radius 1 is 1.02 bits per heavy atom. The van der Waals surface area contributed by atoms with Crippen molar-refractivity contribution in [2.45, 2.75) is 70.4 Å². The second kappa shape index (κ2) is 15.9. The molecule has 2 unspecified atom stereocenters. The average molecular weight is 793 g/mol. The van der Waals surface area contributed by atoms with Crippen LogP contribution in [-0.4, -0.2) is 71.7 Å². The molecule has 15 heteroatoms. The number of nitrogens with zero attached hydrogens (tertiary/aromatic N) is 3. The normalized spacial score (nSPS) is 20.9. The molecule has 0 bridgehead atoms. The van der Waals surface area contributed by atoms with E-state index in [2.05, 4.69) is 20.9 Å². The van der Waals surface area contributed by atoms with Gasteiger partial charge in [-0.2, -0.15) is 18.2 Å². The lowest BCUT2D eigenvalue weighted by Crippen LogP contribution is -2.35. The molecule has 4 heterocycles. The van der Waals surface area contributed by atoms with Crippen LogP contribution in [0.2, 0.25) is 5.02 Å². The third-order valence-corrected chi connectivity index (χ3v) is 11.5. The van der Waals surface area contributed by atoms with Gasteiger partial charge in [-0.1, -0.05) is 54.1 Å². The fourth-order valence-corrected chi connectivity index (χ4v) is 8.39. The van der Waals surface area contributed by atoms with Crippen LogP contribution in [-0.2, 0) is 35.3 Å². The van der Waals surface area contributed by atoms with E-state index in [0.717, 1.165) is 40.3 Å². The molecule has 56 heavy (non-hydrogen) atoms. The average Bonchev–Trinajstić information content (AvgIpc) is 3.90. The number of benzene rings is 2. The molecular formula is C41H44ClF3N6O5. The molecule has 3 atom stereocenters. The first-order chi connectivity index (χ1) is 26.8. The Balaban J connectivity index is 1.12. The summed E-state index contributed by atoms with van der Waals surface area (Å²) in [5, 5.41) is 19.5. The number of anilines is 1. The van der Waals surface area contributed by atoms with E-state index in [1.807, 2.05) is 53.4 Å². The summed E-state index contributed by atoms with van der Waals surface area (Å²) in [5.41, 5.74) is 4.00. The minimum absolute atomic E-state index is 0.0496. The highest BCUT2D eigenvalue weighted by molar-refractivity contribution is 6.36. The first-order valence-electron chi connectivity index (χ1n) is 18.6. The van der Waals surface area contributed by atoms with Crippen LogP contribution in [0.15, 0.2) is 54.6 Å². The van der Waals surface area contributed by atoms with E-state index < -0.39 is 29.2 Å². The van der Waals surface area contributed by atoms with Gasteiger partial charge in [0.2, 0.25) is 17.7 Å². The van der Waals surface area contributed by atoms with E-state index in [9.17, 15) is 27.9 Å². The fraction of sp³-hybridized carbons (Fsp3) is 0.415. The fourth-order valence-electron chi connectivity index (χ4n) is 8.06. The third-order valence-electron chi connectivity index (χ3n) is 11.1. The maximum atomic E-state index is 14.6. The zero-order valence-corrected chi connectivity index (χ0v) is 32.1. The van der Waals surface area contributed by atoms with Crippen molar-refractivity contribution in [3.8, 4) is 34.1 Å². The molecule has 7 rings (SSSR count). The summed E-state index contributed by atoms with van der Waals surface area (Å²) in [6.07, 6.45) is -1.86. The molecule has 0 spiro atoms. The molecule has 3 aliphatic rings. The lowest BCUT2D eigenvalue weighted by atomic mass is 9.90. The maximum absolute atomic E-state index is 14.6. The van der Waals surface area contributed by atoms with E-state index in [-0.39, 0.29) is 42.3 Å². The van der Waals surface area contributed by atoms with Crippen molar-refractivity contribution in [2.24, 2.45) is 5.41 Å². The van der Waals surface area contributed by atoms with Gasteiger partial charge in [-0.15, -0.1) is 0 Å². The van der Waals surface area contributed by atoms with Crippen molar-refractivity contribution < 1.29 is 37.3 Å². The number of rotatable bonds is 13. The zero-order chi connectivity index (χ0) is 39.8. The van der Waals surface area contributed by atoms with Crippen LogP contribution in [0.3, 0.4) is 0 Å². The minimum atomic E-state index is -4.71. The number of hydrogen-bond acceptors (Lipinski definition) is 9. The summed E-state index contributed by atoms with van der Waals surface area (Å²) in [6, 6.07) is 16.0. The molecule has 1 aliphatic carbocycles. The van der Waals surface area contributed by atoms with Gasteiger partial charge in [-0.05, 0) is 68.0 Å². The van der Waals surface area contributed by atoms with Crippen molar-refractivity contribution in [3.05, 3.63) is 87.4 Å². The van der Waals surface area contributed by atoms with Gasteiger partial charge < -0.3 is 30.5 Å². The van der Waals surface area contributed by atoms with Crippen LogP contribution >= 0.6 is 11.6 Å². The van der Waals surface area contributed by atoms with E-state index in [1.54, 1.807) is 14.0 Å². The second-order valence-electron chi connectivity index (χ2n) is 15.0. The third kappa shape index (κ3) is 8.00. The lowest BCUT2D eigenvalue weighted by molar-refractivity contribution is -0.147.